The van der Waals surface area contributed by atoms with Crippen molar-refractivity contribution in [3.63, 3.8) is 0 Å². The Hall–Kier alpha value is -7.83. The van der Waals surface area contributed by atoms with Gasteiger partial charge in [0.05, 0.1) is 5.41 Å². The molecule has 0 N–H and O–H groups in total. The van der Waals surface area contributed by atoms with E-state index in [1.807, 2.05) is 30.3 Å². The Kier molecular flexibility index (Phi) is 7.91. The van der Waals surface area contributed by atoms with Crippen molar-refractivity contribution in [2.24, 2.45) is 0 Å². The van der Waals surface area contributed by atoms with Crippen LogP contribution in [0.2, 0.25) is 0 Å². The Bertz CT molecular complexity index is 3300. The van der Waals surface area contributed by atoms with Gasteiger partial charge in [0.1, 0.15) is 16.9 Å². The molecule has 2 aliphatic rings. The molecule has 2 aliphatic carbocycles. The summed E-state index contributed by atoms with van der Waals surface area (Å²) in [7, 11) is 0. The summed E-state index contributed by atoms with van der Waals surface area (Å²) in [4.78, 5) is 2.28. The van der Waals surface area contributed by atoms with Crippen molar-refractivity contribution in [1.29, 1.82) is 0 Å². The quantitative estimate of drug-likeness (QED) is 0.167. The second kappa shape index (κ2) is 13.6. The zero-order valence-electron chi connectivity index (χ0n) is 33.0. The highest BCUT2D eigenvalue weighted by molar-refractivity contribution is 6.09. The van der Waals surface area contributed by atoms with Crippen LogP contribution in [0.3, 0.4) is 0 Å². The number of ether oxygens (including phenoxy) is 1. The summed E-state index contributed by atoms with van der Waals surface area (Å²) >= 11 is 0. The van der Waals surface area contributed by atoms with Gasteiger partial charge in [-0.05, 0) is 116 Å². The Morgan fingerprint density at radius 3 is 1.47 bits per heavy atom. The first kappa shape index (κ1) is 36.1. The summed E-state index contributed by atoms with van der Waals surface area (Å²) in [6.45, 7) is 0. The maximum atomic E-state index is 12.9. The number of anilines is 3. The maximum Gasteiger partial charge on any atom is 0.573 e. The summed E-state index contributed by atoms with van der Waals surface area (Å²) in [5.41, 5.74) is 17.8. The van der Waals surface area contributed by atoms with Gasteiger partial charge in [0, 0.05) is 33.4 Å². The average molecular weight is 810 g/mol. The van der Waals surface area contributed by atoms with Crippen LogP contribution in [-0.4, -0.2) is 6.36 Å². The van der Waals surface area contributed by atoms with Gasteiger partial charge in [-0.1, -0.05) is 152 Å². The smallest absolute Gasteiger partial charge is 0.455 e. The third kappa shape index (κ3) is 5.46. The molecule has 0 fully saturated rings. The number of nitrogens with zero attached hydrogens (tertiary/aromatic N) is 1. The minimum atomic E-state index is -4.75. The molecule has 12 rings (SSSR count). The molecule has 0 aliphatic heterocycles. The molecule has 10 aromatic rings. The van der Waals surface area contributed by atoms with Crippen molar-refractivity contribution in [2.45, 2.75) is 11.8 Å². The number of halogens is 3. The molecular formula is C56H34F3NO2. The van der Waals surface area contributed by atoms with E-state index in [1.54, 1.807) is 12.1 Å². The van der Waals surface area contributed by atoms with Gasteiger partial charge >= 0.3 is 6.36 Å². The van der Waals surface area contributed by atoms with E-state index in [9.17, 15) is 13.2 Å². The minimum absolute atomic E-state index is 0.256. The van der Waals surface area contributed by atoms with Crippen molar-refractivity contribution in [2.75, 3.05) is 4.90 Å². The summed E-state index contributed by atoms with van der Waals surface area (Å²) in [5, 5.41) is 2.17. The highest BCUT2D eigenvalue weighted by atomic mass is 19.4. The normalized spacial score (nSPS) is 13.2. The molecule has 3 nitrogen and oxygen atoms in total. The molecule has 0 amide bonds. The SMILES string of the molecule is FC(F)(F)Oc1ccc(-c2ccc(N(c3ccc(-c4cccc5c4oc4ccccc45)cc3)c3ccc4c(c3)C3(c5ccccc5-c5ccccc53)c3ccccc3-4)cc2)cc1. The summed E-state index contributed by atoms with van der Waals surface area (Å²) < 4.78 is 49.3. The predicted molar refractivity (Wildman–Crippen MR) is 242 cm³/mol. The molecule has 296 valence electrons. The van der Waals surface area contributed by atoms with Crippen LogP contribution in [0, 0.1) is 0 Å². The Morgan fingerprint density at radius 1 is 0.403 bits per heavy atom. The van der Waals surface area contributed by atoms with E-state index in [0.29, 0.717) is 0 Å². The molecule has 0 atom stereocenters. The number of alkyl halides is 3. The number of benzene rings is 9. The van der Waals surface area contributed by atoms with Gasteiger partial charge < -0.3 is 14.1 Å². The average Bonchev–Trinajstić information content (AvgIpc) is 3.94. The van der Waals surface area contributed by atoms with Crippen LogP contribution < -0.4 is 9.64 Å². The summed E-state index contributed by atoms with van der Waals surface area (Å²) in [6, 6.07) is 70.4. The van der Waals surface area contributed by atoms with Gasteiger partial charge in [-0.25, -0.2) is 0 Å². The molecule has 1 spiro atoms. The fraction of sp³-hybridized carbons (Fsp3) is 0.0357. The molecular weight excluding hydrogens is 776 g/mol. The standard InChI is InChI=1S/C56H34F3NO2/c57-56(58,59)62-41-31-24-36(25-32-41)35-20-26-38(27-21-35)60(39-28-22-37(23-29-39)42-14-9-15-48-47-13-4-8-19-53(47)61-54(42)48)40-30-33-46-45-12-3-7-18-51(45)55(52(46)34-40)49-16-5-1-10-43(49)44-11-2-6-17-50(44)55/h1-34H. The zero-order chi connectivity index (χ0) is 41.6. The topological polar surface area (TPSA) is 25.6 Å². The van der Waals surface area contributed by atoms with Crippen LogP contribution in [0.1, 0.15) is 22.3 Å². The number of furan rings is 1. The van der Waals surface area contributed by atoms with Crippen LogP contribution in [0.4, 0.5) is 30.2 Å². The highest BCUT2D eigenvalue weighted by Crippen LogP contribution is 2.63. The largest absolute Gasteiger partial charge is 0.573 e. The lowest BCUT2D eigenvalue weighted by molar-refractivity contribution is -0.274. The monoisotopic (exact) mass is 809 g/mol. The van der Waals surface area contributed by atoms with E-state index >= 15 is 0 Å². The van der Waals surface area contributed by atoms with Gasteiger partial charge in [-0.2, -0.15) is 0 Å². The molecule has 1 heterocycles. The van der Waals surface area contributed by atoms with Crippen LogP contribution in [0.5, 0.6) is 5.75 Å². The van der Waals surface area contributed by atoms with Crippen molar-refractivity contribution in [1.82, 2.24) is 0 Å². The van der Waals surface area contributed by atoms with Gasteiger partial charge in [-0.15, -0.1) is 13.2 Å². The second-order valence-electron chi connectivity index (χ2n) is 15.9. The Labute approximate surface area is 355 Å². The number of para-hydroxylation sites is 2. The van der Waals surface area contributed by atoms with Crippen molar-refractivity contribution >= 4 is 39.0 Å². The van der Waals surface area contributed by atoms with E-state index in [4.69, 9.17) is 4.42 Å². The minimum Gasteiger partial charge on any atom is -0.455 e. The highest BCUT2D eigenvalue weighted by Gasteiger charge is 2.51. The van der Waals surface area contributed by atoms with Crippen molar-refractivity contribution in [3.8, 4) is 50.3 Å². The lowest BCUT2D eigenvalue weighted by Gasteiger charge is -2.32. The molecule has 1 aromatic heterocycles. The van der Waals surface area contributed by atoms with E-state index in [2.05, 4.69) is 161 Å². The fourth-order valence-corrected chi connectivity index (χ4v) is 10.1. The molecule has 9 aromatic carbocycles. The van der Waals surface area contributed by atoms with Crippen molar-refractivity contribution in [3.05, 3.63) is 229 Å². The molecule has 6 heteroatoms. The molecule has 0 unspecified atom stereocenters. The Balaban J connectivity index is 1.01. The van der Waals surface area contributed by atoms with Crippen molar-refractivity contribution < 1.29 is 22.3 Å². The van der Waals surface area contributed by atoms with E-state index in [0.717, 1.165) is 61.3 Å². The summed E-state index contributed by atoms with van der Waals surface area (Å²) in [5.74, 6) is -0.256. The van der Waals surface area contributed by atoms with Gasteiger partial charge in [0.25, 0.3) is 0 Å². The van der Waals surface area contributed by atoms with Gasteiger partial charge in [0.2, 0.25) is 0 Å². The zero-order valence-corrected chi connectivity index (χ0v) is 33.0. The van der Waals surface area contributed by atoms with E-state index < -0.39 is 11.8 Å². The maximum absolute atomic E-state index is 12.9. The number of fused-ring (bicyclic) bond motifs is 13. The third-order valence-electron chi connectivity index (χ3n) is 12.6. The molecule has 62 heavy (non-hydrogen) atoms. The fourth-order valence-electron chi connectivity index (χ4n) is 10.1. The molecule has 0 saturated heterocycles. The van der Waals surface area contributed by atoms with Gasteiger partial charge in [0.15, 0.2) is 0 Å². The third-order valence-corrected chi connectivity index (χ3v) is 12.6. The number of rotatable bonds is 6. The van der Waals surface area contributed by atoms with Crippen LogP contribution in [-0.2, 0) is 5.41 Å². The number of hydrogen-bond acceptors (Lipinski definition) is 3. The van der Waals surface area contributed by atoms with Crippen LogP contribution in [0.25, 0.3) is 66.4 Å². The lowest BCUT2D eigenvalue weighted by Crippen LogP contribution is -2.26. The molecule has 0 radical (unpaired) electrons. The van der Waals surface area contributed by atoms with E-state index in [-0.39, 0.29) is 5.75 Å². The number of hydrogen-bond donors (Lipinski definition) is 0. The first-order chi connectivity index (χ1) is 30.3. The first-order valence-electron chi connectivity index (χ1n) is 20.6. The van der Waals surface area contributed by atoms with Crippen LogP contribution in [0.15, 0.2) is 211 Å². The van der Waals surface area contributed by atoms with E-state index in [1.165, 1.54) is 56.6 Å². The second-order valence-corrected chi connectivity index (χ2v) is 15.9. The molecule has 0 bridgehead atoms. The first-order valence-corrected chi connectivity index (χ1v) is 20.6. The Morgan fingerprint density at radius 2 is 0.871 bits per heavy atom. The van der Waals surface area contributed by atoms with Crippen LogP contribution >= 0.6 is 0 Å². The lowest BCUT2D eigenvalue weighted by atomic mass is 9.70. The summed E-state index contributed by atoms with van der Waals surface area (Å²) in [6.07, 6.45) is -4.75. The molecule has 0 saturated carbocycles. The predicted octanol–water partition coefficient (Wildman–Crippen LogP) is 15.6. The van der Waals surface area contributed by atoms with Gasteiger partial charge in [-0.3, -0.25) is 0 Å².